The number of nitrogens with zero attached hydrogens (tertiary/aromatic N) is 7. The number of carbonyl (C=O) groups is 1. The number of fused-ring (bicyclic) bond motifs is 3. The van der Waals surface area contributed by atoms with Crippen LogP contribution in [0.5, 0.6) is 6.01 Å². The van der Waals surface area contributed by atoms with Crippen LogP contribution in [0.25, 0.3) is 39.0 Å². The van der Waals surface area contributed by atoms with E-state index in [4.69, 9.17) is 21.3 Å². The average Bonchev–Trinajstić information content (AvgIpc) is 3.66. The SMILES string of the molecule is Cc1nccc(/C=C/C(=O)N2CCC[C@H](Nc3nc(OC[C@@]45CCCN4C[C@H](F)C5)nc4c(F)c(-c5cccc6cccc(Cl)c56)ncc34)C2)n1. The lowest BCUT2D eigenvalue weighted by Gasteiger charge is -2.33. The zero-order chi connectivity index (χ0) is 35.1. The van der Waals surface area contributed by atoms with Crippen molar-refractivity contribution in [2.75, 3.05) is 38.1 Å². The minimum atomic E-state index is -0.917. The van der Waals surface area contributed by atoms with Crippen LogP contribution in [-0.4, -0.2) is 91.2 Å². The third kappa shape index (κ3) is 6.58. The van der Waals surface area contributed by atoms with Gasteiger partial charge in [0, 0.05) is 66.5 Å². The number of hydrogen-bond donors (Lipinski definition) is 1. The molecule has 5 aromatic rings. The Morgan fingerprint density at radius 2 is 1.96 bits per heavy atom. The Labute approximate surface area is 298 Å². The Kier molecular flexibility index (Phi) is 8.97. The van der Waals surface area contributed by atoms with Crippen LogP contribution in [0.15, 0.2) is 60.9 Å². The topological polar surface area (TPSA) is 109 Å². The quantitative estimate of drug-likeness (QED) is 0.174. The van der Waals surface area contributed by atoms with E-state index in [0.717, 1.165) is 37.6 Å². The van der Waals surface area contributed by atoms with E-state index in [9.17, 15) is 9.18 Å². The van der Waals surface area contributed by atoms with E-state index in [1.807, 2.05) is 24.3 Å². The molecule has 3 aromatic heterocycles. The molecule has 10 nitrogen and oxygen atoms in total. The van der Waals surface area contributed by atoms with Gasteiger partial charge in [0.15, 0.2) is 5.82 Å². The van der Waals surface area contributed by atoms with Crippen molar-refractivity contribution in [3.05, 3.63) is 83.3 Å². The van der Waals surface area contributed by atoms with Crippen molar-refractivity contribution in [2.24, 2.45) is 0 Å². The predicted octanol–water partition coefficient (Wildman–Crippen LogP) is 6.81. The van der Waals surface area contributed by atoms with Crippen LogP contribution in [0, 0.1) is 12.7 Å². The Bertz CT molecular complexity index is 2160. The summed E-state index contributed by atoms with van der Waals surface area (Å²) in [5.74, 6) is 0.210. The van der Waals surface area contributed by atoms with Gasteiger partial charge < -0.3 is 15.0 Å². The molecule has 0 spiro atoms. The van der Waals surface area contributed by atoms with Gasteiger partial charge in [0.1, 0.15) is 35.6 Å². The van der Waals surface area contributed by atoms with Gasteiger partial charge in [0.05, 0.1) is 16.6 Å². The van der Waals surface area contributed by atoms with Gasteiger partial charge in [-0.25, -0.2) is 18.7 Å². The second kappa shape index (κ2) is 13.7. The molecule has 8 rings (SSSR count). The number of pyridine rings is 1. The zero-order valence-electron chi connectivity index (χ0n) is 28.2. The predicted molar refractivity (Wildman–Crippen MR) is 193 cm³/mol. The van der Waals surface area contributed by atoms with Crippen LogP contribution in [0.3, 0.4) is 0 Å². The normalized spacial score (nSPS) is 22.2. The lowest BCUT2D eigenvalue weighted by molar-refractivity contribution is -0.126. The van der Waals surface area contributed by atoms with Crippen molar-refractivity contribution in [2.45, 2.75) is 56.8 Å². The number of aromatic nitrogens is 5. The molecule has 0 unspecified atom stereocenters. The molecule has 3 saturated heterocycles. The van der Waals surface area contributed by atoms with Gasteiger partial charge in [0.25, 0.3) is 0 Å². The molecule has 1 amide bonds. The molecule has 3 atom stereocenters. The Morgan fingerprint density at radius 1 is 1.10 bits per heavy atom. The number of amides is 1. The summed E-state index contributed by atoms with van der Waals surface area (Å²) in [5, 5.41) is 5.88. The first-order valence-corrected chi connectivity index (χ1v) is 17.7. The van der Waals surface area contributed by atoms with Gasteiger partial charge in [-0.15, -0.1) is 0 Å². The van der Waals surface area contributed by atoms with Crippen LogP contribution in [-0.2, 0) is 4.79 Å². The maximum atomic E-state index is 16.8. The molecule has 13 heteroatoms. The number of benzene rings is 2. The average molecular weight is 711 g/mol. The van der Waals surface area contributed by atoms with Crippen LogP contribution in [0.4, 0.5) is 14.6 Å². The highest BCUT2D eigenvalue weighted by molar-refractivity contribution is 6.36. The highest BCUT2D eigenvalue weighted by atomic mass is 35.5. The van der Waals surface area contributed by atoms with Crippen molar-refractivity contribution in [3.63, 3.8) is 0 Å². The first kappa shape index (κ1) is 33.3. The van der Waals surface area contributed by atoms with Crippen molar-refractivity contribution in [1.82, 2.24) is 34.7 Å². The number of anilines is 1. The largest absolute Gasteiger partial charge is 0.461 e. The van der Waals surface area contributed by atoms with E-state index in [0.29, 0.717) is 64.7 Å². The third-order valence-corrected chi connectivity index (χ3v) is 10.6. The summed E-state index contributed by atoms with van der Waals surface area (Å²) < 4.78 is 37.6. The molecule has 2 aromatic carbocycles. The first-order valence-electron chi connectivity index (χ1n) is 17.4. The van der Waals surface area contributed by atoms with E-state index in [1.165, 1.54) is 6.08 Å². The number of ether oxygens (including phenoxy) is 1. The maximum absolute atomic E-state index is 16.8. The van der Waals surface area contributed by atoms with Crippen molar-refractivity contribution < 1.29 is 18.3 Å². The van der Waals surface area contributed by atoms with Gasteiger partial charge in [-0.1, -0.05) is 41.9 Å². The summed E-state index contributed by atoms with van der Waals surface area (Å²) in [5.41, 5.74) is 0.907. The summed E-state index contributed by atoms with van der Waals surface area (Å²) in [6.45, 7) is 4.21. The number of piperidine rings is 1. The van der Waals surface area contributed by atoms with Crippen LogP contribution < -0.4 is 10.1 Å². The molecule has 0 bridgehead atoms. The molecule has 262 valence electrons. The number of rotatable bonds is 8. The lowest BCUT2D eigenvalue weighted by Crippen LogP contribution is -2.44. The second-order valence-corrected chi connectivity index (χ2v) is 14.1. The molecule has 0 saturated carbocycles. The molecular formula is C38H37ClF2N8O2. The molecule has 1 N–H and O–H groups in total. The molecule has 0 radical (unpaired) electrons. The lowest BCUT2D eigenvalue weighted by atomic mass is 9.95. The monoisotopic (exact) mass is 710 g/mol. The molecule has 3 aliphatic heterocycles. The number of aryl methyl sites for hydroxylation is 1. The molecule has 3 fully saturated rings. The molecule has 51 heavy (non-hydrogen) atoms. The fraction of sp³-hybridized carbons (Fsp3) is 0.368. The van der Waals surface area contributed by atoms with E-state index < -0.39 is 17.5 Å². The summed E-state index contributed by atoms with van der Waals surface area (Å²) in [7, 11) is 0. The summed E-state index contributed by atoms with van der Waals surface area (Å²) in [4.78, 5) is 39.5. The standard InChI is InChI=1S/C38H37ClF2N8O2/c1-23-42-15-13-26(44-23)11-12-31(50)48-16-4-8-27(21-48)45-36-29-19-43-34(28-9-2-6-24-7-3-10-30(39)32(24)28)33(41)35(29)46-37(47-36)51-22-38-14-5-17-49(38)20-25(40)18-38/h2-3,6-7,9-13,15,19,25,27H,4-5,8,14,16-18,20-22H2,1H3,(H,45,46,47)/b12-11+/t25-,27+,38+/m1/s1. The van der Waals surface area contributed by atoms with E-state index in [-0.39, 0.29) is 35.8 Å². The zero-order valence-corrected chi connectivity index (χ0v) is 28.9. The van der Waals surface area contributed by atoms with Crippen LogP contribution in [0.2, 0.25) is 5.02 Å². The highest BCUT2D eigenvalue weighted by Crippen LogP contribution is 2.41. The minimum absolute atomic E-state index is 0.00708. The number of nitrogens with one attached hydrogen (secondary N) is 1. The third-order valence-electron chi connectivity index (χ3n) is 10.3. The number of halogens is 3. The van der Waals surface area contributed by atoms with Gasteiger partial charge in [-0.2, -0.15) is 9.97 Å². The number of hydrogen-bond acceptors (Lipinski definition) is 9. The van der Waals surface area contributed by atoms with Crippen molar-refractivity contribution in [3.8, 4) is 17.3 Å². The fourth-order valence-electron chi connectivity index (χ4n) is 7.86. The summed E-state index contributed by atoms with van der Waals surface area (Å²) in [6.07, 6.45) is 9.19. The first-order chi connectivity index (χ1) is 24.8. The van der Waals surface area contributed by atoms with E-state index in [1.54, 1.807) is 48.5 Å². The number of carbonyl (C=O) groups excluding carboxylic acids is 1. The van der Waals surface area contributed by atoms with Gasteiger partial charge in [-0.3, -0.25) is 14.7 Å². The number of alkyl halides is 1. The van der Waals surface area contributed by atoms with Crippen LogP contribution in [0.1, 0.15) is 43.6 Å². The number of likely N-dealkylation sites (tertiary alicyclic amines) is 1. The fourth-order valence-corrected chi connectivity index (χ4v) is 8.14. The van der Waals surface area contributed by atoms with Crippen molar-refractivity contribution in [1.29, 1.82) is 0 Å². The van der Waals surface area contributed by atoms with E-state index >= 15 is 4.39 Å². The van der Waals surface area contributed by atoms with Gasteiger partial charge >= 0.3 is 6.01 Å². The van der Waals surface area contributed by atoms with Gasteiger partial charge in [-0.05, 0) is 62.7 Å². The van der Waals surface area contributed by atoms with E-state index in [2.05, 4.69) is 30.2 Å². The minimum Gasteiger partial charge on any atom is -0.461 e. The van der Waals surface area contributed by atoms with Crippen molar-refractivity contribution >= 4 is 51.1 Å². The maximum Gasteiger partial charge on any atom is 0.319 e. The van der Waals surface area contributed by atoms with Gasteiger partial charge in [0.2, 0.25) is 5.91 Å². The Balaban J connectivity index is 1.12. The second-order valence-electron chi connectivity index (χ2n) is 13.7. The molecule has 3 aliphatic rings. The highest BCUT2D eigenvalue weighted by Gasteiger charge is 2.49. The summed E-state index contributed by atoms with van der Waals surface area (Å²) >= 11 is 6.62. The Morgan fingerprint density at radius 3 is 2.82 bits per heavy atom. The molecule has 0 aliphatic carbocycles. The smallest absolute Gasteiger partial charge is 0.319 e. The Hall–Kier alpha value is -4.81. The molecular weight excluding hydrogens is 674 g/mol. The summed E-state index contributed by atoms with van der Waals surface area (Å²) in [6, 6.07) is 12.6. The molecule has 6 heterocycles. The van der Waals surface area contributed by atoms with Crippen LogP contribution >= 0.6 is 11.6 Å².